The van der Waals surface area contributed by atoms with Crippen molar-refractivity contribution in [2.75, 3.05) is 91.6 Å². The summed E-state index contributed by atoms with van der Waals surface area (Å²) >= 11 is 0. The summed E-state index contributed by atoms with van der Waals surface area (Å²) in [5.41, 5.74) is 0.248. The molecule has 17 nitrogen and oxygen atoms in total. The molecule has 1 aromatic rings. The smallest absolute Gasteiger partial charge is 0.320 e. The maximum Gasteiger partial charge on any atom is 0.320 e. The number of aliphatic carboxylic acids is 4. The predicted molar refractivity (Wildman–Crippen MR) is 183 cm³/mol. The molecular weight excluding hydrogens is 676 g/mol. The fourth-order valence-corrected chi connectivity index (χ4v) is 7.38. The van der Waals surface area contributed by atoms with Crippen molar-refractivity contribution in [3.63, 3.8) is 0 Å². The predicted octanol–water partition coefficient (Wildman–Crippen LogP) is -0.0641. The zero-order chi connectivity index (χ0) is 37.3. The lowest BCUT2D eigenvalue weighted by Gasteiger charge is -2.35. The summed E-state index contributed by atoms with van der Waals surface area (Å²) in [6.45, 7) is 5.27. The molecule has 0 spiro atoms. The number of benzene rings is 1. The van der Waals surface area contributed by atoms with Gasteiger partial charge in [-0.05, 0) is 49.9 Å². The third-order valence-corrected chi connectivity index (χ3v) is 10.2. The van der Waals surface area contributed by atoms with Gasteiger partial charge in [-0.25, -0.2) is 8.42 Å². The van der Waals surface area contributed by atoms with Crippen molar-refractivity contribution >= 4 is 39.8 Å². The Kier molecular flexibility index (Phi) is 18.3. The van der Waals surface area contributed by atoms with E-state index in [9.17, 15) is 52.8 Å². The van der Waals surface area contributed by atoms with Crippen LogP contribution in [0.15, 0.2) is 29.2 Å². The van der Waals surface area contributed by atoms with E-state index < -0.39 is 45.8 Å². The first-order chi connectivity index (χ1) is 23.7. The normalized spacial score (nSPS) is 17.0. The van der Waals surface area contributed by atoms with Crippen molar-refractivity contribution in [3.05, 3.63) is 29.8 Å². The Morgan fingerprint density at radius 2 is 1.14 bits per heavy atom. The van der Waals surface area contributed by atoms with Crippen molar-refractivity contribution in [1.29, 1.82) is 0 Å². The highest BCUT2D eigenvalue weighted by Crippen LogP contribution is 2.18. The van der Waals surface area contributed by atoms with Gasteiger partial charge in [-0.15, -0.1) is 0 Å². The molecule has 1 heterocycles. The number of sulfonamides is 1. The fraction of sp³-hybridized carbons (Fsp3) is 0.656. The van der Waals surface area contributed by atoms with Gasteiger partial charge in [-0.1, -0.05) is 13.8 Å². The highest BCUT2D eigenvalue weighted by molar-refractivity contribution is 7.89. The van der Waals surface area contributed by atoms with Crippen LogP contribution < -0.4 is 5.32 Å². The molecule has 2 rings (SSSR count). The quantitative estimate of drug-likeness (QED) is 0.118. The van der Waals surface area contributed by atoms with Gasteiger partial charge in [0.15, 0.2) is 0 Å². The Morgan fingerprint density at radius 3 is 1.52 bits per heavy atom. The first kappa shape index (κ1) is 42.5. The molecule has 0 bridgehead atoms. The number of carboxylic acid groups (broad SMARTS) is 4. The maximum atomic E-state index is 13.0. The Morgan fingerprint density at radius 1 is 0.720 bits per heavy atom. The molecule has 0 radical (unpaired) electrons. The molecule has 282 valence electrons. The van der Waals surface area contributed by atoms with E-state index in [1.165, 1.54) is 28.6 Å². The van der Waals surface area contributed by atoms with Crippen molar-refractivity contribution in [2.24, 2.45) is 0 Å². The first-order valence-corrected chi connectivity index (χ1v) is 18.3. The summed E-state index contributed by atoms with van der Waals surface area (Å²) in [4.78, 5) is 66.4. The summed E-state index contributed by atoms with van der Waals surface area (Å²) in [6, 6.07) is 4.63. The summed E-state index contributed by atoms with van der Waals surface area (Å²) in [6.07, 6.45) is 1.74. The van der Waals surface area contributed by atoms with Crippen LogP contribution in [-0.4, -0.2) is 180 Å². The van der Waals surface area contributed by atoms with Gasteiger partial charge in [0.1, 0.15) is 6.04 Å². The van der Waals surface area contributed by atoms with Crippen LogP contribution in [0.1, 0.15) is 49.9 Å². The molecule has 1 saturated heterocycles. The van der Waals surface area contributed by atoms with Gasteiger partial charge >= 0.3 is 23.9 Å². The van der Waals surface area contributed by atoms with E-state index in [2.05, 4.69) is 5.32 Å². The van der Waals surface area contributed by atoms with Gasteiger partial charge < -0.3 is 25.7 Å². The molecule has 1 atom stereocenters. The third-order valence-electron chi connectivity index (χ3n) is 8.31. The number of hydrogen-bond donors (Lipinski definition) is 5. The van der Waals surface area contributed by atoms with Crippen LogP contribution in [0.4, 0.5) is 0 Å². The van der Waals surface area contributed by atoms with E-state index in [1.807, 2.05) is 13.8 Å². The molecule has 1 aliphatic rings. The van der Waals surface area contributed by atoms with Crippen molar-refractivity contribution in [1.82, 2.24) is 29.2 Å². The highest BCUT2D eigenvalue weighted by atomic mass is 32.2. The standard InChI is InChI=1S/C32H52N6O11S/c1-3-12-38(13-4-2)50(48,49)26-9-7-25(8-10-26)31(45)33-11-5-6-27(32(46)47)37-20-18-35(23-29(41)42)16-14-34(22-28(39)40)15-17-36(19-21-37)24-30(43)44/h7-10,27H,3-6,11-24H2,1-2H3,(H,33,45)(H,39,40)(H,41,42)(H,43,44)(H,46,47). The van der Waals surface area contributed by atoms with Gasteiger partial charge in [-0.3, -0.25) is 43.6 Å². The molecule has 1 aromatic carbocycles. The minimum Gasteiger partial charge on any atom is -0.480 e. The average Bonchev–Trinajstić information content (AvgIpc) is 3.04. The number of nitrogens with one attached hydrogen (secondary N) is 1. The molecule has 18 heteroatoms. The molecule has 1 aliphatic heterocycles. The van der Waals surface area contributed by atoms with E-state index >= 15 is 0 Å². The first-order valence-electron chi connectivity index (χ1n) is 16.9. The molecule has 1 fully saturated rings. The summed E-state index contributed by atoms with van der Waals surface area (Å²) in [7, 11) is -3.70. The van der Waals surface area contributed by atoms with Gasteiger partial charge in [0.25, 0.3) is 5.91 Å². The second-order valence-electron chi connectivity index (χ2n) is 12.2. The highest BCUT2D eigenvalue weighted by Gasteiger charge is 2.28. The largest absolute Gasteiger partial charge is 0.480 e. The Balaban J connectivity index is 2.11. The zero-order valence-corrected chi connectivity index (χ0v) is 29.7. The second kappa shape index (κ2) is 21.5. The molecule has 0 aliphatic carbocycles. The average molecular weight is 729 g/mol. The zero-order valence-electron chi connectivity index (χ0n) is 28.9. The lowest BCUT2D eigenvalue weighted by atomic mass is 10.1. The Bertz CT molecular complexity index is 1340. The van der Waals surface area contributed by atoms with E-state index in [0.717, 1.165) is 0 Å². The van der Waals surface area contributed by atoms with Crippen LogP contribution >= 0.6 is 0 Å². The van der Waals surface area contributed by atoms with E-state index in [4.69, 9.17) is 0 Å². The maximum absolute atomic E-state index is 13.0. The SMILES string of the molecule is CCCN(CCC)S(=O)(=O)c1ccc(C(=O)NCCCC(C(=O)O)N2CCN(CC(=O)O)CCN(CC(=O)O)CCN(CC(=O)O)CC2)cc1. The number of hydrogen-bond acceptors (Lipinski definition) is 11. The van der Waals surface area contributed by atoms with Gasteiger partial charge in [0.05, 0.1) is 24.5 Å². The molecule has 0 saturated carbocycles. The lowest BCUT2D eigenvalue weighted by Crippen LogP contribution is -2.51. The van der Waals surface area contributed by atoms with Crippen LogP contribution in [0, 0.1) is 0 Å². The fourth-order valence-electron chi connectivity index (χ4n) is 5.75. The Labute approximate surface area is 293 Å². The van der Waals surface area contributed by atoms with Gasteiger partial charge in [-0.2, -0.15) is 4.31 Å². The molecule has 1 amide bonds. The van der Waals surface area contributed by atoms with Crippen molar-refractivity contribution < 1.29 is 52.8 Å². The molecule has 5 N–H and O–H groups in total. The topological polar surface area (TPSA) is 229 Å². The van der Waals surface area contributed by atoms with E-state index in [1.54, 1.807) is 19.6 Å². The van der Waals surface area contributed by atoms with Crippen LogP contribution in [-0.2, 0) is 29.2 Å². The van der Waals surface area contributed by atoms with Crippen LogP contribution in [0.25, 0.3) is 0 Å². The summed E-state index contributed by atoms with van der Waals surface area (Å²) in [5, 5.41) is 41.1. The number of carbonyl (C=O) groups is 5. The number of rotatable bonds is 19. The molecule has 50 heavy (non-hydrogen) atoms. The van der Waals surface area contributed by atoms with E-state index in [-0.39, 0.29) is 102 Å². The second-order valence-corrected chi connectivity index (χ2v) is 14.2. The Hall–Kier alpha value is -3.68. The molecular formula is C32H52N6O11S. The number of amides is 1. The van der Waals surface area contributed by atoms with Gasteiger partial charge in [0.2, 0.25) is 10.0 Å². The number of carbonyl (C=O) groups excluding carboxylic acids is 1. The molecule has 0 aromatic heterocycles. The minimum atomic E-state index is -3.70. The summed E-state index contributed by atoms with van der Waals surface area (Å²) in [5.74, 6) is -4.81. The third kappa shape index (κ3) is 14.7. The number of nitrogens with zero attached hydrogens (tertiary/aromatic N) is 5. The van der Waals surface area contributed by atoms with Crippen LogP contribution in [0.3, 0.4) is 0 Å². The monoisotopic (exact) mass is 728 g/mol. The van der Waals surface area contributed by atoms with Crippen LogP contribution in [0.5, 0.6) is 0 Å². The van der Waals surface area contributed by atoms with Crippen molar-refractivity contribution in [3.8, 4) is 0 Å². The minimum absolute atomic E-state index is 0.0905. The van der Waals surface area contributed by atoms with E-state index in [0.29, 0.717) is 25.9 Å². The van der Waals surface area contributed by atoms with Crippen LogP contribution in [0.2, 0.25) is 0 Å². The van der Waals surface area contributed by atoms with Gasteiger partial charge in [0, 0.05) is 77.6 Å². The summed E-state index contributed by atoms with van der Waals surface area (Å²) < 4.78 is 27.5. The molecule has 1 unspecified atom stereocenters. The number of carboxylic acids is 4. The van der Waals surface area contributed by atoms with Crippen molar-refractivity contribution in [2.45, 2.75) is 50.5 Å². The lowest BCUT2D eigenvalue weighted by molar-refractivity contribution is -0.145.